The van der Waals surface area contributed by atoms with E-state index in [0.29, 0.717) is 25.1 Å². The van der Waals surface area contributed by atoms with E-state index in [9.17, 15) is 9.59 Å². The second-order valence-corrected chi connectivity index (χ2v) is 8.55. The van der Waals surface area contributed by atoms with Crippen molar-refractivity contribution < 1.29 is 9.59 Å². The third-order valence-corrected chi connectivity index (χ3v) is 6.18. The molecule has 2 fully saturated rings. The fraction of sp³-hybridized carbons (Fsp3) is 0.500. The predicted molar refractivity (Wildman–Crippen MR) is 111 cm³/mol. The van der Waals surface area contributed by atoms with Crippen LogP contribution < -0.4 is 5.32 Å². The molecule has 0 aliphatic carbocycles. The summed E-state index contributed by atoms with van der Waals surface area (Å²) in [6, 6.07) is 10.0. The van der Waals surface area contributed by atoms with Crippen LogP contribution in [0.15, 0.2) is 36.5 Å². The van der Waals surface area contributed by atoms with Gasteiger partial charge in [0.1, 0.15) is 0 Å². The highest BCUT2D eigenvalue weighted by Crippen LogP contribution is 2.38. The molecular formula is C22H29N5O2. The molecule has 7 heteroatoms. The van der Waals surface area contributed by atoms with Gasteiger partial charge in [0.05, 0.1) is 24.0 Å². The normalized spacial score (nSPS) is 18.4. The summed E-state index contributed by atoms with van der Waals surface area (Å²) < 4.78 is 1.94. The average Bonchev–Trinajstić information content (AvgIpc) is 3.31. The number of nitrogens with zero attached hydrogens (tertiary/aromatic N) is 4. The van der Waals surface area contributed by atoms with Crippen molar-refractivity contribution in [1.29, 1.82) is 0 Å². The molecule has 0 radical (unpaired) electrons. The molecule has 3 heterocycles. The Morgan fingerprint density at radius 3 is 2.55 bits per heavy atom. The van der Waals surface area contributed by atoms with E-state index in [2.05, 4.69) is 15.3 Å². The van der Waals surface area contributed by atoms with Crippen LogP contribution >= 0.6 is 0 Å². The number of likely N-dealkylation sites (tertiary alicyclic amines) is 1. The molecule has 2 amide bonds. The Morgan fingerprint density at radius 1 is 1.21 bits per heavy atom. The minimum Gasteiger partial charge on any atom is -0.356 e. The first-order valence-corrected chi connectivity index (χ1v) is 10.3. The molecule has 4 rings (SSSR count). The van der Waals surface area contributed by atoms with Crippen LogP contribution in [0.4, 0.5) is 0 Å². The molecule has 0 bridgehead atoms. The number of likely N-dealkylation sites (N-methyl/N-ethyl adjacent to an activating group) is 1. The van der Waals surface area contributed by atoms with E-state index in [0.717, 1.165) is 43.7 Å². The van der Waals surface area contributed by atoms with Gasteiger partial charge in [-0.2, -0.15) is 5.10 Å². The molecule has 7 nitrogen and oxygen atoms in total. The molecule has 1 N–H and O–H groups in total. The van der Waals surface area contributed by atoms with Gasteiger partial charge in [-0.15, -0.1) is 0 Å². The quantitative estimate of drug-likeness (QED) is 0.839. The van der Waals surface area contributed by atoms with Gasteiger partial charge < -0.3 is 15.1 Å². The van der Waals surface area contributed by atoms with Crippen LogP contribution in [0.5, 0.6) is 0 Å². The third kappa shape index (κ3) is 4.05. The number of carbonyl (C=O) groups excluding carboxylic acids is 2. The van der Waals surface area contributed by atoms with Crippen molar-refractivity contribution in [2.75, 3.05) is 40.3 Å². The highest BCUT2D eigenvalue weighted by Gasteiger charge is 2.42. The van der Waals surface area contributed by atoms with Crippen molar-refractivity contribution in [3.8, 4) is 11.3 Å². The lowest BCUT2D eigenvalue weighted by atomic mass is 9.77. The number of aromatic nitrogens is 2. The van der Waals surface area contributed by atoms with E-state index in [4.69, 9.17) is 0 Å². The second-order valence-electron chi connectivity index (χ2n) is 8.55. The molecule has 1 spiro atoms. The Bertz CT molecular complexity index is 882. The van der Waals surface area contributed by atoms with E-state index < -0.39 is 0 Å². The lowest BCUT2D eigenvalue weighted by Gasteiger charge is -2.38. The molecule has 0 unspecified atom stereocenters. The molecule has 2 saturated heterocycles. The van der Waals surface area contributed by atoms with Crippen LogP contribution in [0.2, 0.25) is 0 Å². The number of piperidine rings is 1. The van der Waals surface area contributed by atoms with Crippen LogP contribution in [-0.4, -0.2) is 71.7 Å². The van der Waals surface area contributed by atoms with Crippen LogP contribution in [-0.2, 0) is 11.3 Å². The SMILES string of the molecule is CN(C)CCn1ncc(C(=O)N2CCC3(CC2)CNC(=O)C3)c1-c1ccccc1. The van der Waals surface area contributed by atoms with Crippen molar-refractivity contribution in [3.05, 3.63) is 42.1 Å². The molecule has 154 valence electrons. The first kappa shape index (κ1) is 19.6. The molecular weight excluding hydrogens is 366 g/mol. The van der Waals surface area contributed by atoms with Gasteiger partial charge in [0.25, 0.3) is 5.91 Å². The van der Waals surface area contributed by atoms with E-state index >= 15 is 0 Å². The first-order valence-electron chi connectivity index (χ1n) is 10.3. The summed E-state index contributed by atoms with van der Waals surface area (Å²) in [5.74, 6) is 0.172. The smallest absolute Gasteiger partial charge is 0.257 e. The maximum absolute atomic E-state index is 13.4. The molecule has 2 aliphatic rings. The molecule has 2 aromatic rings. The zero-order valence-corrected chi connectivity index (χ0v) is 17.2. The standard InChI is InChI=1S/C22H29N5O2/c1-25(2)12-13-27-20(17-6-4-3-5-7-17)18(15-24-27)21(29)26-10-8-22(9-11-26)14-19(28)23-16-22/h3-7,15H,8-14,16H2,1-2H3,(H,23,28). The summed E-state index contributed by atoms with van der Waals surface area (Å²) in [5.41, 5.74) is 2.58. The summed E-state index contributed by atoms with van der Waals surface area (Å²) in [4.78, 5) is 29.1. The van der Waals surface area contributed by atoms with Crippen molar-refractivity contribution in [2.45, 2.75) is 25.8 Å². The summed E-state index contributed by atoms with van der Waals surface area (Å²) in [6.07, 6.45) is 4.04. The monoisotopic (exact) mass is 395 g/mol. The number of carbonyl (C=O) groups is 2. The molecule has 0 saturated carbocycles. The van der Waals surface area contributed by atoms with Crippen molar-refractivity contribution in [1.82, 2.24) is 24.9 Å². The van der Waals surface area contributed by atoms with Gasteiger partial charge in [0.2, 0.25) is 5.91 Å². The average molecular weight is 396 g/mol. The van der Waals surface area contributed by atoms with Gasteiger partial charge in [-0.05, 0) is 32.4 Å². The zero-order valence-electron chi connectivity index (χ0n) is 17.2. The predicted octanol–water partition coefficient (Wildman–Crippen LogP) is 1.85. The van der Waals surface area contributed by atoms with Gasteiger partial charge in [0, 0.05) is 38.2 Å². The third-order valence-electron chi connectivity index (χ3n) is 6.18. The maximum atomic E-state index is 13.4. The Kier molecular flexibility index (Phi) is 5.41. The summed E-state index contributed by atoms with van der Waals surface area (Å²) in [6.45, 7) is 3.69. The van der Waals surface area contributed by atoms with Gasteiger partial charge in [-0.25, -0.2) is 0 Å². The van der Waals surface area contributed by atoms with Gasteiger partial charge in [0.15, 0.2) is 0 Å². The first-order chi connectivity index (χ1) is 14.0. The topological polar surface area (TPSA) is 70.5 Å². The highest BCUT2D eigenvalue weighted by molar-refractivity contribution is 6.00. The highest BCUT2D eigenvalue weighted by atomic mass is 16.2. The van der Waals surface area contributed by atoms with Crippen LogP contribution in [0.1, 0.15) is 29.6 Å². The summed E-state index contributed by atoms with van der Waals surface area (Å²) in [7, 11) is 4.06. The molecule has 29 heavy (non-hydrogen) atoms. The Balaban J connectivity index is 1.56. The lowest BCUT2D eigenvalue weighted by molar-refractivity contribution is -0.119. The summed E-state index contributed by atoms with van der Waals surface area (Å²) in [5, 5.41) is 7.50. The van der Waals surface area contributed by atoms with Gasteiger partial charge >= 0.3 is 0 Å². The van der Waals surface area contributed by atoms with Gasteiger partial charge in [-0.1, -0.05) is 30.3 Å². The fourth-order valence-corrected chi connectivity index (χ4v) is 4.37. The Hall–Kier alpha value is -2.67. The van der Waals surface area contributed by atoms with E-state index in [-0.39, 0.29) is 17.2 Å². The van der Waals surface area contributed by atoms with E-state index in [1.54, 1.807) is 6.20 Å². The number of nitrogens with one attached hydrogen (secondary N) is 1. The Labute approximate surface area is 171 Å². The van der Waals surface area contributed by atoms with Crippen LogP contribution in [0.25, 0.3) is 11.3 Å². The van der Waals surface area contributed by atoms with Crippen LogP contribution in [0, 0.1) is 5.41 Å². The number of hydrogen-bond acceptors (Lipinski definition) is 4. The number of hydrogen-bond donors (Lipinski definition) is 1. The number of amides is 2. The minimum absolute atomic E-state index is 0.0337. The van der Waals surface area contributed by atoms with Crippen molar-refractivity contribution >= 4 is 11.8 Å². The van der Waals surface area contributed by atoms with E-state index in [1.807, 2.05) is 54.0 Å². The minimum atomic E-state index is 0.0337. The van der Waals surface area contributed by atoms with E-state index in [1.165, 1.54) is 0 Å². The zero-order chi connectivity index (χ0) is 20.4. The fourth-order valence-electron chi connectivity index (χ4n) is 4.37. The second kappa shape index (κ2) is 7.99. The molecule has 1 aromatic carbocycles. The summed E-state index contributed by atoms with van der Waals surface area (Å²) >= 11 is 0. The molecule has 2 aliphatic heterocycles. The Morgan fingerprint density at radius 2 is 1.93 bits per heavy atom. The maximum Gasteiger partial charge on any atom is 0.257 e. The number of rotatable bonds is 5. The van der Waals surface area contributed by atoms with Crippen LogP contribution in [0.3, 0.4) is 0 Å². The van der Waals surface area contributed by atoms with Crippen molar-refractivity contribution in [2.24, 2.45) is 5.41 Å². The molecule has 0 atom stereocenters. The van der Waals surface area contributed by atoms with Gasteiger partial charge in [-0.3, -0.25) is 14.3 Å². The number of benzene rings is 1. The molecule has 1 aromatic heterocycles. The lowest BCUT2D eigenvalue weighted by Crippen LogP contribution is -2.44. The largest absolute Gasteiger partial charge is 0.356 e. The van der Waals surface area contributed by atoms with Crippen molar-refractivity contribution in [3.63, 3.8) is 0 Å².